The lowest BCUT2D eigenvalue weighted by Crippen LogP contribution is -2.41. The molecule has 0 amide bonds. The van der Waals surface area contributed by atoms with Gasteiger partial charge in [0.05, 0.1) is 0 Å². The second-order valence-corrected chi connectivity index (χ2v) is 10.9. The van der Waals surface area contributed by atoms with E-state index in [1.807, 2.05) is 6.08 Å². The molecule has 0 aliphatic carbocycles. The lowest BCUT2D eigenvalue weighted by atomic mass is 10.1. The second kappa shape index (κ2) is 5.85. The molecule has 0 fully saturated rings. The molecule has 0 aromatic carbocycles. The molecule has 0 rings (SSSR count). The van der Waals surface area contributed by atoms with Gasteiger partial charge in [-0.05, 0) is 36.9 Å². The highest BCUT2D eigenvalue weighted by atomic mass is 28.4. The van der Waals surface area contributed by atoms with Crippen LogP contribution in [0.4, 0.5) is 0 Å². The molecule has 0 radical (unpaired) electrons. The molecule has 0 heterocycles. The van der Waals surface area contributed by atoms with Crippen LogP contribution in [0.25, 0.3) is 0 Å². The van der Waals surface area contributed by atoms with E-state index in [1.54, 1.807) is 0 Å². The van der Waals surface area contributed by atoms with Gasteiger partial charge in [-0.1, -0.05) is 33.8 Å². The van der Waals surface area contributed by atoms with Crippen LogP contribution in [-0.4, -0.2) is 14.9 Å². The van der Waals surface area contributed by atoms with E-state index in [-0.39, 0.29) is 0 Å². The fraction of sp³-hybridized carbons (Fsp3) is 0.846. The number of allylic oxidation sites excluding steroid dienone is 1. The summed E-state index contributed by atoms with van der Waals surface area (Å²) < 4.78 is 6.16. The highest BCUT2D eigenvalue weighted by molar-refractivity contribution is 6.74. The maximum Gasteiger partial charge on any atom is 0.191 e. The van der Waals surface area contributed by atoms with E-state index in [1.165, 1.54) is 6.42 Å². The molecule has 15 heavy (non-hydrogen) atoms. The molecule has 1 atom stereocenters. The minimum Gasteiger partial charge on any atom is -0.417 e. The van der Waals surface area contributed by atoms with Crippen molar-refractivity contribution in [3.63, 3.8) is 0 Å². The molecule has 0 N–H and O–H groups in total. The third kappa shape index (κ3) is 5.52. The fourth-order valence-corrected chi connectivity index (χ4v) is 2.19. The minimum absolute atomic E-state index is 0.325. The average Bonchev–Trinajstić information content (AvgIpc) is 2.09. The Bertz CT molecular complexity index is 191. The van der Waals surface area contributed by atoms with E-state index < -0.39 is 8.32 Å². The van der Waals surface area contributed by atoms with Crippen molar-refractivity contribution in [3.05, 3.63) is 12.7 Å². The van der Waals surface area contributed by atoms with Crippen LogP contribution in [0.15, 0.2) is 12.7 Å². The van der Waals surface area contributed by atoms with E-state index in [4.69, 9.17) is 4.43 Å². The predicted octanol–water partition coefficient (Wildman–Crippen LogP) is 4.61. The van der Waals surface area contributed by atoms with Crippen molar-refractivity contribution >= 4 is 8.32 Å². The van der Waals surface area contributed by atoms with Gasteiger partial charge < -0.3 is 4.43 Å². The van der Waals surface area contributed by atoms with Crippen molar-refractivity contribution in [2.24, 2.45) is 5.92 Å². The Balaban J connectivity index is 3.98. The third-order valence-electron chi connectivity index (χ3n) is 3.40. The lowest BCUT2D eigenvalue weighted by Gasteiger charge is -2.37. The first-order chi connectivity index (χ1) is 6.70. The van der Waals surface area contributed by atoms with Gasteiger partial charge in [0, 0.05) is 6.61 Å². The summed E-state index contributed by atoms with van der Waals surface area (Å²) in [5.74, 6) is 0.650. The molecule has 0 saturated carbocycles. The van der Waals surface area contributed by atoms with E-state index >= 15 is 0 Å². The van der Waals surface area contributed by atoms with Gasteiger partial charge in [-0.15, -0.1) is 6.58 Å². The average molecular weight is 228 g/mol. The van der Waals surface area contributed by atoms with Crippen molar-refractivity contribution in [2.45, 2.75) is 58.7 Å². The summed E-state index contributed by atoms with van der Waals surface area (Å²) in [7, 11) is -1.53. The highest BCUT2D eigenvalue weighted by Gasteiger charge is 2.37. The Morgan fingerprint density at radius 1 is 1.33 bits per heavy atom. The molecule has 0 aromatic rings. The summed E-state index contributed by atoms with van der Waals surface area (Å²) in [4.78, 5) is 0. The van der Waals surface area contributed by atoms with Crippen LogP contribution in [0.3, 0.4) is 0 Å². The van der Waals surface area contributed by atoms with E-state index in [9.17, 15) is 0 Å². The molecule has 90 valence electrons. The van der Waals surface area contributed by atoms with Crippen molar-refractivity contribution in [1.29, 1.82) is 0 Å². The van der Waals surface area contributed by atoms with Crippen molar-refractivity contribution in [1.82, 2.24) is 0 Å². The molecule has 1 nitrogen and oxygen atoms in total. The second-order valence-electron chi connectivity index (χ2n) is 6.04. The van der Waals surface area contributed by atoms with Crippen LogP contribution in [0.1, 0.15) is 40.5 Å². The monoisotopic (exact) mass is 228 g/mol. The summed E-state index contributed by atoms with van der Waals surface area (Å²) >= 11 is 0. The van der Waals surface area contributed by atoms with Gasteiger partial charge in [0.15, 0.2) is 8.32 Å². The highest BCUT2D eigenvalue weighted by Crippen LogP contribution is 2.36. The molecule has 0 saturated heterocycles. The Morgan fingerprint density at radius 2 is 1.87 bits per heavy atom. The SMILES string of the molecule is C=CCC[C@H](C)CO[Si](C)(C)C(C)(C)C. The van der Waals surface area contributed by atoms with Gasteiger partial charge in [-0.2, -0.15) is 0 Å². The smallest absolute Gasteiger partial charge is 0.191 e. The van der Waals surface area contributed by atoms with E-state index in [2.05, 4.69) is 47.4 Å². The topological polar surface area (TPSA) is 9.23 Å². The van der Waals surface area contributed by atoms with Crippen LogP contribution in [0.2, 0.25) is 18.1 Å². The lowest BCUT2D eigenvalue weighted by molar-refractivity contribution is 0.231. The zero-order chi connectivity index (χ0) is 12.1. The number of hydrogen-bond acceptors (Lipinski definition) is 1. The summed E-state index contributed by atoms with van der Waals surface area (Å²) in [5, 5.41) is 0.325. The zero-order valence-corrected chi connectivity index (χ0v) is 12.4. The van der Waals surface area contributed by atoms with Crippen LogP contribution >= 0.6 is 0 Å². The Kier molecular flexibility index (Phi) is 5.82. The Labute approximate surface area is 97.0 Å². The molecule has 0 aromatic heterocycles. The summed E-state index contributed by atoms with van der Waals surface area (Å²) in [6.45, 7) is 18.4. The molecule has 0 bridgehead atoms. The first kappa shape index (κ1) is 14.9. The van der Waals surface area contributed by atoms with Crippen LogP contribution in [-0.2, 0) is 4.43 Å². The largest absolute Gasteiger partial charge is 0.417 e. The first-order valence-electron chi connectivity index (χ1n) is 5.95. The fourth-order valence-electron chi connectivity index (χ4n) is 1.05. The van der Waals surface area contributed by atoms with Crippen LogP contribution < -0.4 is 0 Å². The summed E-state index contributed by atoms with van der Waals surface area (Å²) in [5.41, 5.74) is 0. The zero-order valence-electron chi connectivity index (χ0n) is 11.4. The van der Waals surface area contributed by atoms with Crippen molar-refractivity contribution < 1.29 is 4.43 Å². The molecular formula is C13H28OSi. The quantitative estimate of drug-likeness (QED) is 0.476. The van der Waals surface area contributed by atoms with Crippen LogP contribution in [0, 0.1) is 5.92 Å². The first-order valence-corrected chi connectivity index (χ1v) is 8.86. The normalized spacial score (nSPS) is 15.1. The predicted molar refractivity (Wildman–Crippen MR) is 71.7 cm³/mol. The van der Waals surface area contributed by atoms with Gasteiger partial charge in [-0.25, -0.2) is 0 Å². The minimum atomic E-state index is -1.53. The summed E-state index contributed by atoms with van der Waals surface area (Å²) in [6.07, 6.45) is 4.28. The van der Waals surface area contributed by atoms with Gasteiger partial charge in [0.2, 0.25) is 0 Å². The molecular weight excluding hydrogens is 200 g/mol. The van der Waals surface area contributed by atoms with Gasteiger partial charge in [0.25, 0.3) is 0 Å². The Hall–Kier alpha value is -0.0831. The number of rotatable bonds is 6. The van der Waals surface area contributed by atoms with Crippen molar-refractivity contribution in [3.8, 4) is 0 Å². The van der Waals surface area contributed by atoms with Gasteiger partial charge >= 0.3 is 0 Å². The molecule has 0 unspecified atom stereocenters. The third-order valence-corrected chi connectivity index (χ3v) is 7.90. The van der Waals surface area contributed by atoms with Gasteiger partial charge in [0.1, 0.15) is 0 Å². The standard InChI is InChI=1S/C13H28OSi/c1-8-9-10-12(2)11-14-15(6,7)13(3,4)5/h8,12H,1,9-11H2,2-7H3/t12-/m0/s1. The molecule has 0 aliphatic rings. The van der Waals surface area contributed by atoms with E-state index in [0.717, 1.165) is 13.0 Å². The maximum atomic E-state index is 6.16. The van der Waals surface area contributed by atoms with Gasteiger partial charge in [-0.3, -0.25) is 0 Å². The Morgan fingerprint density at radius 3 is 2.27 bits per heavy atom. The number of hydrogen-bond donors (Lipinski definition) is 0. The maximum absolute atomic E-state index is 6.16. The molecule has 2 heteroatoms. The van der Waals surface area contributed by atoms with E-state index in [0.29, 0.717) is 11.0 Å². The van der Waals surface area contributed by atoms with Crippen LogP contribution in [0.5, 0.6) is 0 Å². The van der Waals surface area contributed by atoms with Crippen molar-refractivity contribution in [2.75, 3.05) is 6.61 Å². The molecule has 0 spiro atoms. The molecule has 0 aliphatic heterocycles. The summed E-state index contributed by atoms with van der Waals surface area (Å²) in [6, 6.07) is 0.